The maximum Gasteiger partial charge on any atom is 0.323 e. The van der Waals surface area contributed by atoms with Crippen molar-refractivity contribution in [1.82, 2.24) is 15.1 Å². The van der Waals surface area contributed by atoms with E-state index in [0.29, 0.717) is 23.7 Å². The lowest BCUT2D eigenvalue weighted by molar-refractivity contribution is -0.131. The zero-order chi connectivity index (χ0) is 28.6. The number of para-hydroxylation sites is 2. The molecule has 2 saturated heterocycles. The smallest absolute Gasteiger partial charge is 0.323 e. The number of carbonyl (C=O) groups is 2. The molecule has 216 valence electrons. The van der Waals surface area contributed by atoms with Crippen LogP contribution >= 0.6 is 15.9 Å². The van der Waals surface area contributed by atoms with Crippen molar-refractivity contribution in [3.05, 3.63) is 82.8 Å². The Morgan fingerprint density at radius 1 is 0.976 bits per heavy atom. The molecule has 1 unspecified atom stereocenters. The van der Waals surface area contributed by atoms with E-state index in [4.69, 9.17) is 9.47 Å². The number of carbonyl (C=O) groups excluding carboxylic acids is 2. The minimum Gasteiger partial charge on any atom is -0.495 e. The molecule has 0 saturated carbocycles. The zero-order valence-electron chi connectivity index (χ0n) is 23.1. The molecule has 3 N–H and O–H groups in total. The highest BCUT2D eigenvalue weighted by molar-refractivity contribution is 9.10. The fourth-order valence-corrected chi connectivity index (χ4v) is 5.77. The normalized spacial score (nSPS) is 19.0. The second-order valence-electron chi connectivity index (χ2n) is 10.3. The van der Waals surface area contributed by atoms with E-state index in [0.717, 1.165) is 54.9 Å². The molecule has 10 heteroatoms. The summed E-state index contributed by atoms with van der Waals surface area (Å²) in [6.07, 6.45) is 0.970. The topological polar surface area (TPSA) is 95.2 Å². The lowest BCUT2D eigenvalue weighted by atomic mass is 10.1. The van der Waals surface area contributed by atoms with Crippen LogP contribution in [-0.2, 0) is 11.2 Å². The second kappa shape index (κ2) is 13.8. The highest BCUT2D eigenvalue weighted by Crippen LogP contribution is 2.29. The Bertz CT molecular complexity index is 1340. The van der Waals surface area contributed by atoms with E-state index in [9.17, 15) is 9.59 Å². The lowest BCUT2D eigenvalue weighted by Crippen LogP contribution is -2.49. The van der Waals surface area contributed by atoms with Crippen molar-refractivity contribution in [2.45, 2.75) is 25.0 Å². The Morgan fingerprint density at radius 2 is 1.71 bits per heavy atom. The summed E-state index contributed by atoms with van der Waals surface area (Å²) in [4.78, 5) is 30.7. The van der Waals surface area contributed by atoms with Gasteiger partial charge in [-0.2, -0.15) is 0 Å². The van der Waals surface area contributed by atoms with E-state index in [1.165, 1.54) is 0 Å². The standard InChI is InChI=1S/C31H36BrN5O4/c1-40-29-17-22(11-12-28(29)35-31(39)34-27-10-6-5-9-26(27)32)18-30(38)37-21-25(41-24-7-3-2-4-8-24)19-23(37)20-36-15-13-33-14-16-36/h2-12,17,23,25,33H,13-16,18-21H2,1H3,(H2,34,35,39)/t23?,25-/m0/s1. The van der Waals surface area contributed by atoms with Gasteiger partial charge < -0.3 is 30.3 Å². The van der Waals surface area contributed by atoms with Gasteiger partial charge in [-0.05, 0) is 57.9 Å². The van der Waals surface area contributed by atoms with E-state index in [2.05, 4.69) is 36.8 Å². The molecule has 5 rings (SSSR count). The number of rotatable bonds is 9. The first-order valence-electron chi connectivity index (χ1n) is 13.9. The highest BCUT2D eigenvalue weighted by atomic mass is 79.9. The number of nitrogens with zero attached hydrogens (tertiary/aromatic N) is 2. The van der Waals surface area contributed by atoms with Gasteiger partial charge in [0.1, 0.15) is 17.6 Å². The molecule has 0 radical (unpaired) electrons. The number of anilines is 2. The summed E-state index contributed by atoms with van der Waals surface area (Å²) < 4.78 is 12.6. The van der Waals surface area contributed by atoms with Crippen LogP contribution in [0.5, 0.6) is 11.5 Å². The molecule has 0 bridgehead atoms. The van der Waals surface area contributed by atoms with Gasteiger partial charge in [0.25, 0.3) is 0 Å². The fraction of sp³-hybridized carbons (Fsp3) is 0.355. The van der Waals surface area contributed by atoms with Crippen molar-refractivity contribution in [1.29, 1.82) is 0 Å². The quantitative estimate of drug-likeness (QED) is 0.323. The van der Waals surface area contributed by atoms with Crippen LogP contribution in [0.25, 0.3) is 0 Å². The zero-order valence-corrected chi connectivity index (χ0v) is 24.7. The molecular formula is C31H36BrN5O4. The van der Waals surface area contributed by atoms with E-state index < -0.39 is 6.03 Å². The summed E-state index contributed by atoms with van der Waals surface area (Å²) in [5.74, 6) is 1.37. The lowest BCUT2D eigenvalue weighted by Gasteiger charge is -2.33. The van der Waals surface area contributed by atoms with Gasteiger partial charge >= 0.3 is 6.03 Å². The van der Waals surface area contributed by atoms with Crippen LogP contribution in [0, 0.1) is 0 Å². The van der Waals surface area contributed by atoms with Crippen LogP contribution in [0.2, 0.25) is 0 Å². The molecule has 3 aromatic carbocycles. The van der Waals surface area contributed by atoms with E-state index >= 15 is 0 Å². The first-order valence-corrected chi connectivity index (χ1v) is 14.7. The van der Waals surface area contributed by atoms with Gasteiger partial charge in [-0.1, -0.05) is 36.4 Å². The van der Waals surface area contributed by atoms with Gasteiger partial charge in [0.05, 0.1) is 31.5 Å². The SMILES string of the molecule is COc1cc(CC(=O)N2C[C@@H](Oc3ccccc3)CC2CN2CCNCC2)ccc1NC(=O)Nc1ccccc1Br. The summed E-state index contributed by atoms with van der Waals surface area (Å²) in [6, 6.07) is 22.3. The van der Waals surface area contributed by atoms with E-state index in [-0.39, 0.29) is 24.5 Å². The van der Waals surface area contributed by atoms with Crippen LogP contribution < -0.4 is 25.4 Å². The van der Waals surface area contributed by atoms with Crippen LogP contribution in [-0.4, -0.2) is 80.3 Å². The van der Waals surface area contributed by atoms with Crippen LogP contribution in [0.15, 0.2) is 77.3 Å². The molecular weight excluding hydrogens is 586 g/mol. The van der Waals surface area contributed by atoms with Gasteiger partial charge in [0, 0.05) is 49.7 Å². The van der Waals surface area contributed by atoms with Crippen molar-refractivity contribution in [3.63, 3.8) is 0 Å². The predicted molar refractivity (Wildman–Crippen MR) is 164 cm³/mol. The maximum atomic E-state index is 13.7. The number of nitrogens with one attached hydrogen (secondary N) is 3. The van der Waals surface area contributed by atoms with Crippen LogP contribution in [0.4, 0.5) is 16.2 Å². The minimum atomic E-state index is -0.392. The third-order valence-corrected chi connectivity index (χ3v) is 8.10. The number of piperazine rings is 1. The van der Waals surface area contributed by atoms with E-state index in [1.807, 2.05) is 65.6 Å². The number of hydrogen-bond donors (Lipinski definition) is 3. The molecule has 2 aliphatic rings. The van der Waals surface area contributed by atoms with Crippen molar-refractivity contribution in [2.24, 2.45) is 0 Å². The third-order valence-electron chi connectivity index (χ3n) is 7.41. The number of amides is 3. The number of halogens is 1. The molecule has 41 heavy (non-hydrogen) atoms. The largest absolute Gasteiger partial charge is 0.495 e. The first kappa shape index (κ1) is 28.9. The molecule has 0 aliphatic carbocycles. The molecule has 9 nitrogen and oxygen atoms in total. The number of ether oxygens (including phenoxy) is 2. The fourth-order valence-electron chi connectivity index (χ4n) is 5.38. The summed E-state index contributed by atoms with van der Waals surface area (Å²) in [6.45, 7) is 5.26. The first-order chi connectivity index (χ1) is 20.0. The van der Waals surface area contributed by atoms with E-state index in [1.54, 1.807) is 19.2 Å². The van der Waals surface area contributed by atoms with Gasteiger partial charge in [-0.15, -0.1) is 0 Å². The van der Waals surface area contributed by atoms with Gasteiger partial charge in [-0.3, -0.25) is 9.69 Å². The molecule has 2 aliphatic heterocycles. The molecule has 3 amide bonds. The Hall–Kier alpha value is -3.60. The van der Waals surface area contributed by atoms with Crippen LogP contribution in [0.3, 0.4) is 0 Å². The molecule has 3 aromatic rings. The maximum absolute atomic E-state index is 13.7. The average Bonchev–Trinajstić information content (AvgIpc) is 3.38. The summed E-state index contributed by atoms with van der Waals surface area (Å²) in [7, 11) is 1.55. The average molecular weight is 623 g/mol. The van der Waals surface area contributed by atoms with Crippen molar-refractivity contribution >= 4 is 39.2 Å². The molecule has 0 spiro atoms. The van der Waals surface area contributed by atoms with Crippen molar-refractivity contribution in [2.75, 3.05) is 57.0 Å². The Labute approximate surface area is 249 Å². The number of benzene rings is 3. The molecule has 2 heterocycles. The van der Waals surface area contributed by atoms with Crippen molar-refractivity contribution in [3.8, 4) is 11.5 Å². The van der Waals surface area contributed by atoms with Gasteiger partial charge in [0.15, 0.2) is 0 Å². The highest BCUT2D eigenvalue weighted by Gasteiger charge is 2.37. The number of methoxy groups -OCH3 is 1. The molecule has 2 fully saturated rings. The monoisotopic (exact) mass is 621 g/mol. The molecule has 0 aromatic heterocycles. The van der Waals surface area contributed by atoms with Gasteiger partial charge in [-0.25, -0.2) is 4.79 Å². The minimum absolute atomic E-state index is 0.0544. The summed E-state index contributed by atoms with van der Waals surface area (Å²) in [5.41, 5.74) is 1.99. The Balaban J connectivity index is 1.25. The third kappa shape index (κ3) is 7.78. The molecule has 2 atom stereocenters. The number of hydrogen-bond acceptors (Lipinski definition) is 6. The van der Waals surface area contributed by atoms with Gasteiger partial charge in [0.2, 0.25) is 5.91 Å². The summed E-state index contributed by atoms with van der Waals surface area (Å²) in [5, 5.41) is 9.05. The van der Waals surface area contributed by atoms with Crippen LogP contribution in [0.1, 0.15) is 12.0 Å². The Morgan fingerprint density at radius 3 is 2.46 bits per heavy atom. The number of likely N-dealkylation sites (tertiary alicyclic amines) is 1. The summed E-state index contributed by atoms with van der Waals surface area (Å²) >= 11 is 3.43. The van der Waals surface area contributed by atoms with Crippen molar-refractivity contribution < 1.29 is 19.1 Å². The predicted octanol–water partition coefficient (Wildman–Crippen LogP) is 4.60. The Kier molecular flexibility index (Phi) is 9.76. The number of urea groups is 1. The second-order valence-corrected chi connectivity index (χ2v) is 11.2.